The van der Waals surface area contributed by atoms with Crippen LogP contribution in [0.4, 0.5) is 20.2 Å². The fourth-order valence-electron chi connectivity index (χ4n) is 3.91. The van der Waals surface area contributed by atoms with E-state index in [2.05, 4.69) is 27.4 Å². The number of aliphatic imine (C=N–C) groups is 1. The number of rotatable bonds is 6. The molecular formula is C24H27F2N5O. The Morgan fingerprint density at radius 2 is 1.88 bits per heavy atom. The van der Waals surface area contributed by atoms with E-state index in [9.17, 15) is 8.78 Å². The van der Waals surface area contributed by atoms with Crippen molar-refractivity contribution in [2.45, 2.75) is 32.1 Å². The average molecular weight is 440 g/mol. The number of halogens is 2. The molecule has 0 aromatic heterocycles. The van der Waals surface area contributed by atoms with Gasteiger partial charge in [-0.15, -0.1) is 0 Å². The molecule has 2 aromatic rings. The largest absolute Gasteiger partial charge is 0.381 e. The molecule has 2 heterocycles. The lowest BCUT2D eigenvalue weighted by atomic mass is 10.1. The highest BCUT2D eigenvalue weighted by Crippen LogP contribution is 2.27. The van der Waals surface area contributed by atoms with Gasteiger partial charge in [0.1, 0.15) is 17.5 Å². The van der Waals surface area contributed by atoms with Crippen LogP contribution < -0.4 is 16.0 Å². The Kier molecular flexibility index (Phi) is 6.70. The van der Waals surface area contributed by atoms with E-state index in [0.29, 0.717) is 36.2 Å². The van der Waals surface area contributed by atoms with Gasteiger partial charge in [0, 0.05) is 24.9 Å². The second-order valence-electron chi connectivity index (χ2n) is 7.64. The predicted molar refractivity (Wildman–Crippen MR) is 123 cm³/mol. The third-order valence-corrected chi connectivity index (χ3v) is 5.47. The maximum Gasteiger partial charge on any atom is 0.177 e. The van der Waals surface area contributed by atoms with Crippen LogP contribution in [0.1, 0.15) is 19.8 Å². The van der Waals surface area contributed by atoms with Gasteiger partial charge in [0.25, 0.3) is 0 Å². The zero-order valence-corrected chi connectivity index (χ0v) is 17.9. The van der Waals surface area contributed by atoms with Gasteiger partial charge in [0.05, 0.1) is 11.4 Å². The fourth-order valence-corrected chi connectivity index (χ4v) is 3.91. The van der Waals surface area contributed by atoms with E-state index in [0.717, 1.165) is 18.5 Å². The Morgan fingerprint density at radius 1 is 1.16 bits per heavy atom. The van der Waals surface area contributed by atoms with Crippen LogP contribution in [0.5, 0.6) is 0 Å². The van der Waals surface area contributed by atoms with Crippen molar-refractivity contribution in [3.05, 3.63) is 84.3 Å². The number of anilines is 2. The molecule has 32 heavy (non-hydrogen) atoms. The maximum atomic E-state index is 14.3. The average Bonchev–Trinajstić information content (AvgIpc) is 3.14. The molecule has 0 radical (unpaired) electrons. The van der Waals surface area contributed by atoms with Crippen molar-refractivity contribution in [3.63, 3.8) is 0 Å². The highest BCUT2D eigenvalue weighted by Gasteiger charge is 2.38. The molecule has 0 bridgehead atoms. The number of ether oxygens (including phenoxy) is 1. The van der Waals surface area contributed by atoms with Gasteiger partial charge in [-0.25, -0.2) is 13.8 Å². The van der Waals surface area contributed by atoms with E-state index in [1.165, 1.54) is 18.2 Å². The molecule has 6 nitrogen and oxygen atoms in total. The number of nitrogens with zero attached hydrogens (tertiary/aromatic N) is 2. The second kappa shape index (κ2) is 9.82. The summed E-state index contributed by atoms with van der Waals surface area (Å²) in [6.45, 7) is 7.25. The number of hydrogen-bond acceptors (Lipinski definition) is 5. The van der Waals surface area contributed by atoms with Gasteiger partial charge in [-0.3, -0.25) is 0 Å². The van der Waals surface area contributed by atoms with E-state index in [-0.39, 0.29) is 17.7 Å². The molecule has 2 aliphatic rings. The van der Waals surface area contributed by atoms with Crippen molar-refractivity contribution >= 4 is 17.2 Å². The summed E-state index contributed by atoms with van der Waals surface area (Å²) < 4.78 is 33.1. The minimum atomic E-state index is -0.390. The van der Waals surface area contributed by atoms with E-state index in [1.807, 2.05) is 13.0 Å². The van der Waals surface area contributed by atoms with Crippen LogP contribution in [0.2, 0.25) is 0 Å². The van der Waals surface area contributed by atoms with Gasteiger partial charge in [0.15, 0.2) is 12.1 Å². The van der Waals surface area contributed by atoms with E-state index >= 15 is 0 Å². The molecule has 2 saturated heterocycles. The first-order chi connectivity index (χ1) is 15.5. The minimum absolute atomic E-state index is 0.148. The van der Waals surface area contributed by atoms with Gasteiger partial charge in [-0.2, -0.15) is 0 Å². The summed E-state index contributed by atoms with van der Waals surface area (Å²) in [5, 5.41) is 9.78. The van der Waals surface area contributed by atoms with E-state index in [4.69, 9.17) is 9.73 Å². The van der Waals surface area contributed by atoms with Crippen molar-refractivity contribution in [2.75, 3.05) is 23.8 Å². The molecule has 0 spiro atoms. The number of hydrogen-bond donors (Lipinski definition) is 3. The monoisotopic (exact) mass is 439 g/mol. The first-order valence-electron chi connectivity index (χ1n) is 10.7. The Hall–Kier alpha value is -3.39. The molecule has 0 amide bonds. The molecule has 1 atom stereocenters. The number of para-hydroxylation sites is 1. The number of nitrogens with one attached hydrogen (secondary N) is 3. The summed E-state index contributed by atoms with van der Waals surface area (Å²) >= 11 is 0. The standard InChI is InChI=1S/C24H27F2N5O/c1-3-21-23(28-16(2)27-18-10-8-17(25)9-11-18)31(19-12-14-32-15-13-19)24(29-21)30-22-7-5-4-6-20(22)26/h3-11,19,24,27,29-30H,2,12-15H2,1H3/b21-3+,28-23+. The SMILES string of the molecule is C=C(/N=C1\C(=C/C)NC(Nc2ccccc2F)N1C1CCOCC1)Nc1ccc(F)cc1. The van der Waals surface area contributed by atoms with E-state index < -0.39 is 6.29 Å². The smallest absolute Gasteiger partial charge is 0.177 e. The quantitative estimate of drug-likeness (QED) is 0.613. The lowest BCUT2D eigenvalue weighted by molar-refractivity contribution is 0.0492. The lowest BCUT2D eigenvalue weighted by Crippen LogP contribution is -2.50. The van der Waals surface area contributed by atoms with Gasteiger partial charge in [-0.1, -0.05) is 24.8 Å². The van der Waals surface area contributed by atoms with Crippen LogP contribution in [-0.2, 0) is 4.74 Å². The van der Waals surface area contributed by atoms with Crippen LogP contribution in [0, 0.1) is 11.6 Å². The molecular weight excluding hydrogens is 412 g/mol. The Morgan fingerprint density at radius 3 is 2.56 bits per heavy atom. The zero-order valence-electron chi connectivity index (χ0n) is 17.9. The van der Waals surface area contributed by atoms with Gasteiger partial charge >= 0.3 is 0 Å². The lowest BCUT2D eigenvalue weighted by Gasteiger charge is -2.36. The van der Waals surface area contributed by atoms with Crippen molar-refractivity contribution < 1.29 is 13.5 Å². The predicted octanol–water partition coefficient (Wildman–Crippen LogP) is 4.63. The van der Waals surface area contributed by atoms with Crippen LogP contribution in [-0.4, -0.2) is 36.3 Å². The Labute approximate surface area is 186 Å². The third-order valence-electron chi connectivity index (χ3n) is 5.47. The van der Waals surface area contributed by atoms with Crippen LogP contribution in [0.3, 0.4) is 0 Å². The highest BCUT2D eigenvalue weighted by molar-refractivity contribution is 6.01. The topological polar surface area (TPSA) is 60.9 Å². The van der Waals surface area contributed by atoms with Gasteiger partial charge < -0.3 is 25.6 Å². The molecule has 4 rings (SSSR count). The number of benzene rings is 2. The maximum absolute atomic E-state index is 14.3. The summed E-state index contributed by atoms with van der Waals surface area (Å²) in [7, 11) is 0. The van der Waals surface area contributed by atoms with Crippen molar-refractivity contribution in [1.29, 1.82) is 0 Å². The highest BCUT2D eigenvalue weighted by atomic mass is 19.1. The molecule has 0 aliphatic carbocycles. The molecule has 168 valence electrons. The number of amidine groups is 1. The van der Waals surface area contributed by atoms with Crippen molar-refractivity contribution in [3.8, 4) is 0 Å². The molecule has 8 heteroatoms. The molecule has 2 aliphatic heterocycles. The summed E-state index contributed by atoms with van der Waals surface area (Å²) in [6, 6.07) is 12.7. The van der Waals surface area contributed by atoms with Crippen molar-refractivity contribution in [2.24, 2.45) is 4.99 Å². The Balaban J connectivity index is 1.62. The Bertz CT molecular complexity index is 1020. The first kappa shape index (κ1) is 21.8. The van der Waals surface area contributed by atoms with E-state index in [1.54, 1.807) is 30.3 Å². The summed E-state index contributed by atoms with van der Waals surface area (Å²) in [4.78, 5) is 6.88. The summed E-state index contributed by atoms with van der Waals surface area (Å²) in [5.41, 5.74) is 1.90. The van der Waals surface area contributed by atoms with Gasteiger partial charge in [0.2, 0.25) is 0 Å². The second-order valence-corrected chi connectivity index (χ2v) is 7.64. The van der Waals surface area contributed by atoms with Crippen molar-refractivity contribution in [1.82, 2.24) is 10.2 Å². The molecule has 3 N–H and O–H groups in total. The summed E-state index contributed by atoms with van der Waals surface area (Å²) in [5.74, 6) is 0.483. The van der Waals surface area contributed by atoms with Crippen LogP contribution in [0.25, 0.3) is 0 Å². The normalized spacial score (nSPS) is 21.6. The minimum Gasteiger partial charge on any atom is -0.381 e. The number of allylic oxidation sites excluding steroid dienone is 1. The van der Waals surface area contributed by atoms with Crippen LogP contribution >= 0.6 is 0 Å². The first-order valence-corrected chi connectivity index (χ1v) is 10.7. The molecule has 1 unspecified atom stereocenters. The third kappa shape index (κ3) is 4.91. The molecule has 2 aromatic carbocycles. The fraction of sp³-hybridized carbons (Fsp3) is 0.292. The van der Waals surface area contributed by atoms with Gasteiger partial charge in [-0.05, 0) is 56.2 Å². The zero-order chi connectivity index (χ0) is 22.5. The molecule has 0 saturated carbocycles. The molecule has 2 fully saturated rings. The summed E-state index contributed by atoms with van der Waals surface area (Å²) in [6.07, 6.45) is 3.19. The van der Waals surface area contributed by atoms with Crippen LogP contribution in [0.15, 0.2) is 77.7 Å².